The molecular formula is C11H20O2. The second kappa shape index (κ2) is 8.02. The standard InChI is InChI=1S/C11H20O2/c1-5-7-10(3)13-11(4)9-12-8-6-2/h5-7,10-11H,2,8-9H2,1,3-4H3/b7-5+. The van der Waals surface area contributed by atoms with E-state index >= 15 is 0 Å². The van der Waals surface area contributed by atoms with Gasteiger partial charge in [0, 0.05) is 0 Å². The zero-order valence-electron chi connectivity index (χ0n) is 8.82. The third kappa shape index (κ3) is 7.75. The van der Waals surface area contributed by atoms with Crippen LogP contribution in [0.4, 0.5) is 0 Å². The molecule has 0 rings (SSSR count). The van der Waals surface area contributed by atoms with E-state index in [1.54, 1.807) is 6.08 Å². The summed E-state index contributed by atoms with van der Waals surface area (Å²) in [5.74, 6) is 0. The predicted octanol–water partition coefficient (Wildman–Crippen LogP) is 2.56. The lowest BCUT2D eigenvalue weighted by molar-refractivity contribution is -0.0195. The quantitative estimate of drug-likeness (QED) is 0.447. The van der Waals surface area contributed by atoms with Crippen LogP contribution in [0, 0.1) is 0 Å². The molecule has 2 atom stereocenters. The summed E-state index contributed by atoms with van der Waals surface area (Å²) >= 11 is 0. The summed E-state index contributed by atoms with van der Waals surface area (Å²) in [5.41, 5.74) is 0. The molecule has 0 saturated carbocycles. The number of hydrogen-bond acceptors (Lipinski definition) is 2. The molecule has 0 bridgehead atoms. The molecule has 0 fully saturated rings. The number of ether oxygens (including phenoxy) is 2. The second-order valence-corrected chi connectivity index (χ2v) is 3.00. The monoisotopic (exact) mass is 184 g/mol. The Morgan fingerprint density at radius 1 is 1.38 bits per heavy atom. The van der Waals surface area contributed by atoms with Crippen LogP contribution in [-0.4, -0.2) is 25.4 Å². The zero-order valence-corrected chi connectivity index (χ0v) is 8.82. The second-order valence-electron chi connectivity index (χ2n) is 3.00. The van der Waals surface area contributed by atoms with Gasteiger partial charge in [-0.25, -0.2) is 0 Å². The molecule has 0 aliphatic heterocycles. The van der Waals surface area contributed by atoms with Gasteiger partial charge < -0.3 is 9.47 Å². The van der Waals surface area contributed by atoms with E-state index in [4.69, 9.17) is 9.47 Å². The van der Waals surface area contributed by atoms with E-state index in [1.165, 1.54) is 0 Å². The van der Waals surface area contributed by atoms with Crippen molar-refractivity contribution < 1.29 is 9.47 Å². The van der Waals surface area contributed by atoms with Gasteiger partial charge in [0.05, 0.1) is 25.4 Å². The van der Waals surface area contributed by atoms with Crippen molar-refractivity contribution in [3.63, 3.8) is 0 Å². The minimum absolute atomic E-state index is 0.131. The van der Waals surface area contributed by atoms with Crippen molar-refractivity contribution in [1.29, 1.82) is 0 Å². The molecule has 2 unspecified atom stereocenters. The zero-order chi connectivity index (χ0) is 10.1. The van der Waals surface area contributed by atoms with Crippen molar-refractivity contribution in [1.82, 2.24) is 0 Å². The van der Waals surface area contributed by atoms with Crippen molar-refractivity contribution in [2.24, 2.45) is 0 Å². The van der Waals surface area contributed by atoms with Crippen LogP contribution >= 0.6 is 0 Å². The van der Waals surface area contributed by atoms with E-state index in [2.05, 4.69) is 6.58 Å². The van der Waals surface area contributed by atoms with Gasteiger partial charge in [-0.1, -0.05) is 18.2 Å². The van der Waals surface area contributed by atoms with E-state index < -0.39 is 0 Å². The number of hydrogen-bond donors (Lipinski definition) is 0. The molecule has 13 heavy (non-hydrogen) atoms. The highest BCUT2D eigenvalue weighted by molar-refractivity contribution is 4.84. The molecule has 0 aromatic carbocycles. The summed E-state index contributed by atoms with van der Waals surface area (Å²) in [6, 6.07) is 0. The summed E-state index contributed by atoms with van der Waals surface area (Å²) in [6.07, 6.45) is 6.03. The molecule has 2 nitrogen and oxygen atoms in total. The first-order valence-electron chi connectivity index (χ1n) is 4.67. The first kappa shape index (κ1) is 12.4. The van der Waals surface area contributed by atoms with Gasteiger partial charge in [-0.3, -0.25) is 0 Å². The maximum Gasteiger partial charge on any atom is 0.0788 e. The van der Waals surface area contributed by atoms with Gasteiger partial charge in [0.15, 0.2) is 0 Å². The molecule has 0 aromatic rings. The third-order valence-electron chi connectivity index (χ3n) is 1.50. The highest BCUT2D eigenvalue weighted by atomic mass is 16.5. The van der Waals surface area contributed by atoms with Gasteiger partial charge in [0.1, 0.15) is 0 Å². The van der Waals surface area contributed by atoms with Crippen LogP contribution in [0.1, 0.15) is 20.8 Å². The van der Waals surface area contributed by atoms with E-state index in [0.717, 1.165) is 0 Å². The Morgan fingerprint density at radius 3 is 2.62 bits per heavy atom. The highest BCUT2D eigenvalue weighted by Crippen LogP contribution is 2.00. The number of rotatable bonds is 7. The molecule has 0 amide bonds. The summed E-state index contributed by atoms with van der Waals surface area (Å²) < 4.78 is 10.8. The largest absolute Gasteiger partial charge is 0.375 e. The Labute approximate surface area is 81.2 Å². The minimum atomic E-state index is 0.131. The molecule has 0 heterocycles. The van der Waals surface area contributed by atoms with E-state index in [1.807, 2.05) is 32.9 Å². The van der Waals surface area contributed by atoms with Crippen LogP contribution in [0.25, 0.3) is 0 Å². The topological polar surface area (TPSA) is 18.5 Å². The molecule has 0 radical (unpaired) electrons. The summed E-state index contributed by atoms with van der Waals surface area (Å²) in [5, 5.41) is 0. The van der Waals surface area contributed by atoms with E-state index in [9.17, 15) is 0 Å². The Kier molecular flexibility index (Phi) is 7.65. The molecule has 0 aromatic heterocycles. The van der Waals surface area contributed by atoms with Crippen molar-refractivity contribution in [2.75, 3.05) is 13.2 Å². The first-order valence-corrected chi connectivity index (χ1v) is 4.67. The van der Waals surface area contributed by atoms with Crippen LogP contribution in [0.15, 0.2) is 24.8 Å². The smallest absolute Gasteiger partial charge is 0.0788 e. The third-order valence-corrected chi connectivity index (χ3v) is 1.50. The van der Waals surface area contributed by atoms with Crippen LogP contribution in [0.3, 0.4) is 0 Å². The SMILES string of the molecule is C=CCOCC(C)OC(C)/C=C/C. The summed E-state index contributed by atoms with van der Waals surface area (Å²) in [6.45, 7) is 10.8. The minimum Gasteiger partial charge on any atom is -0.375 e. The molecular weight excluding hydrogens is 164 g/mol. The molecule has 0 spiro atoms. The molecule has 0 aliphatic carbocycles. The van der Waals surface area contributed by atoms with E-state index in [-0.39, 0.29) is 12.2 Å². The van der Waals surface area contributed by atoms with Crippen molar-refractivity contribution in [3.8, 4) is 0 Å². The lowest BCUT2D eigenvalue weighted by Gasteiger charge is -2.16. The molecule has 0 N–H and O–H groups in total. The Bertz CT molecular complexity index is 152. The first-order chi connectivity index (χ1) is 6.20. The van der Waals surface area contributed by atoms with Gasteiger partial charge in [0.2, 0.25) is 0 Å². The van der Waals surface area contributed by atoms with Gasteiger partial charge in [-0.05, 0) is 20.8 Å². The molecule has 0 saturated heterocycles. The highest BCUT2D eigenvalue weighted by Gasteiger charge is 2.04. The Balaban J connectivity index is 3.48. The van der Waals surface area contributed by atoms with Gasteiger partial charge in [-0.2, -0.15) is 0 Å². The Morgan fingerprint density at radius 2 is 2.08 bits per heavy atom. The number of allylic oxidation sites excluding steroid dienone is 1. The van der Waals surface area contributed by atoms with Crippen LogP contribution < -0.4 is 0 Å². The maximum atomic E-state index is 5.59. The van der Waals surface area contributed by atoms with Crippen LogP contribution in [0.2, 0.25) is 0 Å². The average molecular weight is 184 g/mol. The Hall–Kier alpha value is -0.600. The lowest BCUT2D eigenvalue weighted by Crippen LogP contribution is -2.20. The van der Waals surface area contributed by atoms with Crippen molar-refractivity contribution in [2.45, 2.75) is 33.0 Å². The van der Waals surface area contributed by atoms with Crippen LogP contribution in [-0.2, 0) is 9.47 Å². The molecule has 76 valence electrons. The molecule has 2 heteroatoms. The lowest BCUT2D eigenvalue weighted by atomic mass is 10.3. The predicted molar refractivity (Wildman–Crippen MR) is 55.8 cm³/mol. The fourth-order valence-corrected chi connectivity index (χ4v) is 1.04. The normalized spacial score (nSPS) is 15.9. The summed E-state index contributed by atoms with van der Waals surface area (Å²) in [4.78, 5) is 0. The fraction of sp³-hybridized carbons (Fsp3) is 0.636. The van der Waals surface area contributed by atoms with Crippen molar-refractivity contribution >= 4 is 0 Å². The summed E-state index contributed by atoms with van der Waals surface area (Å²) in [7, 11) is 0. The van der Waals surface area contributed by atoms with Gasteiger partial charge in [0.25, 0.3) is 0 Å². The molecule has 0 aliphatic rings. The van der Waals surface area contributed by atoms with Gasteiger partial charge in [-0.15, -0.1) is 6.58 Å². The van der Waals surface area contributed by atoms with E-state index in [0.29, 0.717) is 13.2 Å². The fourth-order valence-electron chi connectivity index (χ4n) is 1.04. The van der Waals surface area contributed by atoms with Crippen molar-refractivity contribution in [3.05, 3.63) is 24.8 Å². The van der Waals surface area contributed by atoms with Gasteiger partial charge >= 0.3 is 0 Å². The average Bonchev–Trinajstić information content (AvgIpc) is 2.05. The maximum absolute atomic E-state index is 5.59. The van der Waals surface area contributed by atoms with Crippen LogP contribution in [0.5, 0.6) is 0 Å².